The van der Waals surface area contributed by atoms with Crippen molar-refractivity contribution in [2.24, 2.45) is 61.0 Å². The van der Waals surface area contributed by atoms with Crippen molar-refractivity contribution in [3.8, 4) is 0 Å². The lowest BCUT2D eigenvalue weighted by Crippen LogP contribution is -2.48. The molecule has 0 radical (unpaired) electrons. The Hall–Kier alpha value is -3.62. The predicted octanol–water partition coefficient (Wildman–Crippen LogP) is -2.94. The fraction of sp³-hybridized carbons (Fsp3) is 0.727. The Morgan fingerprint density at radius 2 is 1.11 bits per heavy atom. The molecule has 16 N–H and O–H groups in total. The number of hydrogen-bond donors (Lipinski definition) is 9. The number of primary amides is 1. The van der Waals surface area contributed by atoms with Gasteiger partial charge in [0.25, 0.3) is 0 Å². The van der Waals surface area contributed by atoms with Crippen LogP contribution in [0.3, 0.4) is 0 Å². The molecule has 212 valence electrons. The summed E-state index contributed by atoms with van der Waals surface area (Å²) in [4.78, 5) is 50.1. The number of rotatable bonds is 20. The lowest BCUT2D eigenvalue weighted by molar-refractivity contribution is -0.133. The smallest absolute Gasteiger partial charge is 0.240 e. The van der Waals surface area contributed by atoms with Crippen LogP contribution in [0.2, 0.25) is 0 Å². The number of carbonyl (C=O) groups excluding carboxylic acids is 3. The van der Waals surface area contributed by atoms with Gasteiger partial charge >= 0.3 is 0 Å². The molecule has 0 rings (SSSR count). The fourth-order valence-corrected chi connectivity index (χ4v) is 3.58. The van der Waals surface area contributed by atoms with Crippen LogP contribution >= 0.6 is 0 Å². The van der Waals surface area contributed by atoms with Gasteiger partial charge in [0.1, 0.15) is 6.04 Å². The first-order valence-electron chi connectivity index (χ1n) is 12.4. The molecule has 0 saturated carbocycles. The molecule has 0 unspecified atom stereocenters. The lowest BCUT2D eigenvalue weighted by Gasteiger charge is -2.24. The molecule has 0 aliphatic heterocycles. The topological polar surface area (TPSA) is 294 Å². The van der Waals surface area contributed by atoms with Crippen LogP contribution < -0.4 is 50.8 Å². The summed E-state index contributed by atoms with van der Waals surface area (Å²) < 4.78 is 0. The van der Waals surface area contributed by atoms with Gasteiger partial charge in [0.15, 0.2) is 23.7 Å². The number of nitrogens with zero attached hydrogens (tertiary/aromatic N) is 3. The van der Waals surface area contributed by atoms with E-state index >= 15 is 0 Å². The van der Waals surface area contributed by atoms with Gasteiger partial charge in [-0.3, -0.25) is 29.4 Å². The summed E-state index contributed by atoms with van der Waals surface area (Å²) in [6, 6.07) is -1.38. The molecule has 37 heavy (non-hydrogen) atoms. The molecule has 0 heterocycles. The maximum absolute atomic E-state index is 13.2. The summed E-state index contributed by atoms with van der Waals surface area (Å²) in [6.07, 6.45) is 2.49. The van der Waals surface area contributed by atoms with Crippen molar-refractivity contribution in [2.45, 2.75) is 76.9 Å². The first kappa shape index (κ1) is 33.4. The van der Waals surface area contributed by atoms with Crippen LogP contribution in [0.4, 0.5) is 0 Å². The molecule has 15 heteroatoms. The largest absolute Gasteiger partial charge is 0.370 e. The Balaban J connectivity index is 5.44. The number of guanidine groups is 3. The van der Waals surface area contributed by atoms with Crippen molar-refractivity contribution in [1.29, 1.82) is 0 Å². The van der Waals surface area contributed by atoms with Crippen LogP contribution in [0.25, 0.3) is 0 Å². The highest BCUT2D eigenvalue weighted by Gasteiger charge is 2.29. The summed E-state index contributed by atoms with van der Waals surface area (Å²) in [5.74, 6) is -2.13. The van der Waals surface area contributed by atoms with Gasteiger partial charge in [-0.15, -0.1) is 0 Å². The Morgan fingerprint density at radius 1 is 0.676 bits per heavy atom. The number of amides is 2. The molecule has 3 atom stereocenters. The van der Waals surface area contributed by atoms with Crippen molar-refractivity contribution in [3.63, 3.8) is 0 Å². The molecule has 0 saturated heterocycles. The molecule has 0 aliphatic carbocycles. The highest BCUT2D eigenvalue weighted by Crippen LogP contribution is 2.17. The molecule has 0 aromatic carbocycles. The zero-order valence-electron chi connectivity index (χ0n) is 22.0. The molecule has 0 aliphatic rings. The second kappa shape index (κ2) is 18.6. The number of hydrogen-bond acceptors (Lipinski definition) is 7. The minimum Gasteiger partial charge on any atom is -0.370 e. The van der Waals surface area contributed by atoms with E-state index in [0.29, 0.717) is 45.2 Å². The summed E-state index contributed by atoms with van der Waals surface area (Å²) in [6.45, 7) is 4.81. The summed E-state index contributed by atoms with van der Waals surface area (Å²) in [5.41, 5.74) is 37.6. The van der Waals surface area contributed by atoms with E-state index < -0.39 is 29.8 Å². The van der Waals surface area contributed by atoms with E-state index in [1.807, 2.05) is 13.8 Å². The minimum atomic E-state index is -0.929. The van der Waals surface area contributed by atoms with E-state index in [-0.39, 0.29) is 49.1 Å². The van der Waals surface area contributed by atoms with Crippen LogP contribution in [0.5, 0.6) is 0 Å². The fourth-order valence-electron chi connectivity index (χ4n) is 3.58. The van der Waals surface area contributed by atoms with Crippen LogP contribution in [0, 0.1) is 5.92 Å². The third-order valence-corrected chi connectivity index (χ3v) is 5.30. The zero-order valence-corrected chi connectivity index (χ0v) is 22.0. The van der Waals surface area contributed by atoms with Gasteiger partial charge in [-0.25, -0.2) is 0 Å². The predicted molar refractivity (Wildman–Crippen MR) is 146 cm³/mol. The number of ketones is 1. The van der Waals surface area contributed by atoms with E-state index in [9.17, 15) is 14.4 Å². The SMILES string of the molecule is CC(C)N[C@@H](CCCN=C(N)N)C(=O)C[C@@H](CCCN=C(N)N)C(=O)N[C@@H](CCCN=C(N)N)C(N)=O. The highest BCUT2D eigenvalue weighted by molar-refractivity contribution is 5.92. The molecule has 0 spiro atoms. The molecule has 0 fully saturated rings. The van der Waals surface area contributed by atoms with Crippen molar-refractivity contribution in [1.82, 2.24) is 10.6 Å². The summed E-state index contributed by atoms with van der Waals surface area (Å²) in [7, 11) is 0. The minimum absolute atomic E-state index is 0.0143. The van der Waals surface area contributed by atoms with Crippen molar-refractivity contribution < 1.29 is 14.4 Å². The quantitative estimate of drug-likeness (QED) is 0.0441. The monoisotopic (exact) mass is 526 g/mol. The number of nitrogens with one attached hydrogen (secondary N) is 2. The number of aliphatic imine (C=N–C) groups is 3. The van der Waals surface area contributed by atoms with Gasteiger partial charge in [0.2, 0.25) is 11.8 Å². The van der Waals surface area contributed by atoms with Crippen LogP contribution in [0.15, 0.2) is 15.0 Å². The average Bonchev–Trinajstić information content (AvgIpc) is 2.78. The Morgan fingerprint density at radius 3 is 1.51 bits per heavy atom. The van der Waals surface area contributed by atoms with Gasteiger partial charge in [0, 0.05) is 38.0 Å². The maximum Gasteiger partial charge on any atom is 0.240 e. The number of nitrogens with two attached hydrogens (primary N) is 7. The van der Waals surface area contributed by atoms with E-state index in [0.717, 1.165) is 0 Å². The number of Topliss-reactive ketones (excluding diaryl/α,β-unsaturated/α-hetero) is 1. The Bertz CT molecular complexity index is 801. The van der Waals surface area contributed by atoms with E-state index in [4.69, 9.17) is 40.1 Å². The first-order chi connectivity index (χ1) is 17.3. The van der Waals surface area contributed by atoms with Gasteiger partial charge in [-0.1, -0.05) is 13.8 Å². The van der Waals surface area contributed by atoms with Crippen molar-refractivity contribution in [2.75, 3.05) is 19.6 Å². The highest BCUT2D eigenvalue weighted by atomic mass is 16.2. The maximum atomic E-state index is 13.2. The molecule has 2 amide bonds. The Labute approximate surface area is 218 Å². The van der Waals surface area contributed by atoms with Crippen LogP contribution in [-0.4, -0.2) is 73.2 Å². The molecular formula is C22H46N12O3. The van der Waals surface area contributed by atoms with Crippen LogP contribution in [0.1, 0.15) is 58.8 Å². The molecule has 0 aromatic heterocycles. The van der Waals surface area contributed by atoms with Gasteiger partial charge < -0.3 is 50.8 Å². The third kappa shape index (κ3) is 17.5. The molecular weight excluding hydrogens is 480 g/mol. The Kier molecular flexibility index (Phi) is 16.8. The van der Waals surface area contributed by atoms with Crippen LogP contribution in [-0.2, 0) is 14.4 Å². The average molecular weight is 527 g/mol. The summed E-state index contributed by atoms with van der Waals surface area (Å²) >= 11 is 0. The van der Waals surface area contributed by atoms with E-state index in [1.54, 1.807) is 0 Å². The normalized spacial score (nSPS) is 13.2. The zero-order chi connectivity index (χ0) is 28.4. The second-order valence-electron chi connectivity index (χ2n) is 9.05. The molecule has 0 aromatic rings. The van der Waals surface area contributed by atoms with E-state index in [1.165, 1.54) is 0 Å². The van der Waals surface area contributed by atoms with Gasteiger partial charge in [-0.2, -0.15) is 0 Å². The van der Waals surface area contributed by atoms with Gasteiger partial charge in [-0.05, 0) is 38.5 Å². The molecule has 15 nitrogen and oxygen atoms in total. The van der Waals surface area contributed by atoms with E-state index in [2.05, 4.69) is 25.6 Å². The van der Waals surface area contributed by atoms with Crippen molar-refractivity contribution in [3.05, 3.63) is 0 Å². The van der Waals surface area contributed by atoms with Gasteiger partial charge in [0.05, 0.1) is 6.04 Å². The summed E-state index contributed by atoms with van der Waals surface area (Å²) in [5, 5.41) is 5.92. The number of carbonyl (C=O) groups is 3. The third-order valence-electron chi connectivity index (χ3n) is 5.30. The molecule has 0 bridgehead atoms. The lowest BCUT2D eigenvalue weighted by atomic mass is 9.91. The van der Waals surface area contributed by atoms with Crippen molar-refractivity contribution >= 4 is 35.5 Å². The standard InChI is InChI=1S/C22H46N12O3/c1-13(2)33-15(7-4-10-31-21(26)27)17(35)12-14(6-3-9-30-20(24)25)19(37)34-16(18(23)36)8-5-11-32-22(28)29/h13-16,33H,3-12H2,1-2H3,(H2,23,36)(H,34,37)(H4,24,25,30)(H4,26,27,31)(H4,28,29,32)/t14-,15+,16+/m1/s1. The first-order valence-corrected chi connectivity index (χ1v) is 12.4. The second-order valence-corrected chi connectivity index (χ2v) is 9.05.